The highest BCUT2D eigenvalue weighted by molar-refractivity contribution is 5.73. The van der Waals surface area contributed by atoms with Gasteiger partial charge in [0.15, 0.2) is 5.82 Å². The van der Waals surface area contributed by atoms with Gasteiger partial charge in [-0.3, -0.25) is 4.79 Å². The van der Waals surface area contributed by atoms with Crippen molar-refractivity contribution in [1.82, 2.24) is 20.4 Å². The summed E-state index contributed by atoms with van der Waals surface area (Å²) in [6.07, 6.45) is 0.955. The van der Waals surface area contributed by atoms with Crippen molar-refractivity contribution < 1.29 is 19.2 Å². The quantitative estimate of drug-likeness (QED) is 0.743. The minimum absolute atomic E-state index is 0.0544. The number of aliphatic carboxylic acids is 1. The van der Waals surface area contributed by atoms with Gasteiger partial charge in [-0.1, -0.05) is 5.16 Å². The molecule has 2 N–H and O–H groups in total. The maximum absolute atomic E-state index is 11.6. The van der Waals surface area contributed by atoms with Crippen LogP contribution in [-0.4, -0.2) is 52.3 Å². The molecule has 0 bridgehead atoms. The predicted octanol–water partition coefficient (Wildman–Crippen LogP) is 0.427. The van der Waals surface area contributed by atoms with Gasteiger partial charge in [0.2, 0.25) is 5.89 Å². The molecule has 0 spiro atoms. The SMILES string of the molecule is Cc1noc(CCNC(=O)N(C)CCCC(=O)O)n1. The molecule has 0 saturated heterocycles. The minimum atomic E-state index is -0.861. The Morgan fingerprint density at radius 3 is 2.79 bits per heavy atom. The van der Waals surface area contributed by atoms with Crippen LogP contribution in [0.2, 0.25) is 0 Å². The summed E-state index contributed by atoms with van der Waals surface area (Å²) in [4.78, 5) is 27.4. The van der Waals surface area contributed by atoms with E-state index in [-0.39, 0.29) is 12.5 Å². The summed E-state index contributed by atoms with van der Waals surface area (Å²) in [5, 5.41) is 14.8. The van der Waals surface area contributed by atoms with Crippen molar-refractivity contribution in [3.63, 3.8) is 0 Å². The number of carboxylic acid groups (broad SMARTS) is 1. The molecular weight excluding hydrogens is 252 g/mol. The van der Waals surface area contributed by atoms with E-state index in [1.807, 2.05) is 0 Å². The van der Waals surface area contributed by atoms with Crippen LogP contribution in [0.15, 0.2) is 4.52 Å². The summed E-state index contributed by atoms with van der Waals surface area (Å²) in [5.74, 6) is 0.180. The van der Waals surface area contributed by atoms with Crippen molar-refractivity contribution in [2.45, 2.75) is 26.2 Å². The van der Waals surface area contributed by atoms with Gasteiger partial charge in [-0.05, 0) is 13.3 Å². The summed E-state index contributed by atoms with van der Waals surface area (Å²) in [6, 6.07) is -0.248. The maximum atomic E-state index is 11.6. The summed E-state index contributed by atoms with van der Waals surface area (Å²) in [5.41, 5.74) is 0. The lowest BCUT2D eigenvalue weighted by Crippen LogP contribution is -2.38. The van der Waals surface area contributed by atoms with E-state index in [2.05, 4.69) is 15.5 Å². The van der Waals surface area contributed by atoms with E-state index in [1.165, 1.54) is 4.90 Å². The van der Waals surface area contributed by atoms with E-state index in [1.54, 1.807) is 14.0 Å². The van der Waals surface area contributed by atoms with Crippen LogP contribution >= 0.6 is 0 Å². The Hall–Kier alpha value is -2.12. The van der Waals surface area contributed by atoms with Crippen molar-refractivity contribution in [3.05, 3.63) is 11.7 Å². The standard InChI is InChI=1S/C11H18N4O4/c1-8-13-9(19-14-8)5-6-12-11(18)15(2)7-3-4-10(16)17/h3-7H2,1-2H3,(H,12,18)(H,16,17). The molecule has 0 aromatic carbocycles. The number of hydrogen-bond acceptors (Lipinski definition) is 5. The Balaban J connectivity index is 2.17. The fourth-order valence-corrected chi connectivity index (χ4v) is 1.42. The molecule has 1 heterocycles. The fourth-order valence-electron chi connectivity index (χ4n) is 1.42. The summed E-state index contributed by atoms with van der Waals surface area (Å²) < 4.78 is 4.91. The second kappa shape index (κ2) is 7.34. The number of rotatable bonds is 7. The molecule has 8 heteroatoms. The van der Waals surface area contributed by atoms with Gasteiger partial charge in [0.1, 0.15) is 0 Å². The van der Waals surface area contributed by atoms with Crippen LogP contribution in [-0.2, 0) is 11.2 Å². The second-order valence-corrected chi connectivity index (χ2v) is 4.14. The number of carbonyl (C=O) groups excluding carboxylic acids is 1. The smallest absolute Gasteiger partial charge is 0.317 e. The predicted molar refractivity (Wildman–Crippen MR) is 65.6 cm³/mol. The number of carboxylic acids is 1. The van der Waals surface area contributed by atoms with Gasteiger partial charge in [-0.25, -0.2) is 4.79 Å². The van der Waals surface area contributed by atoms with Crippen molar-refractivity contribution >= 4 is 12.0 Å². The lowest BCUT2D eigenvalue weighted by Gasteiger charge is -2.16. The Morgan fingerprint density at radius 1 is 1.47 bits per heavy atom. The third kappa shape index (κ3) is 5.84. The number of hydrogen-bond donors (Lipinski definition) is 2. The normalized spacial score (nSPS) is 10.2. The fraction of sp³-hybridized carbons (Fsp3) is 0.636. The van der Waals surface area contributed by atoms with E-state index in [9.17, 15) is 9.59 Å². The first-order valence-corrected chi connectivity index (χ1v) is 5.99. The number of amides is 2. The van der Waals surface area contributed by atoms with Gasteiger partial charge < -0.3 is 19.8 Å². The van der Waals surface area contributed by atoms with Gasteiger partial charge in [-0.2, -0.15) is 4.98 Å². The molecule has 106 valence electrons. The summed E-state index contributed by atoms with van der Waals surface area (Å²) in [7, 11) is 1.62. The van der Waals surface area contributed by atoms with Crippen LogP contribution in [0.5, 0.6) is 0 Å². The molecule has 0 unspecified atom stereocenters. The Bertz CT molecular complexity index is 432. The highest BCUT2D eigenvalue weighted by Crippen LogP contribution is 1.97. The maximum Gasteiger partial charge on any atom is 0.317 e. The van der Waals surface area contributed by atoms with Crippen LogP contribution in [0.1, 0.15) is 24.6 Å². The minimum Gasteiger partial charge on any atom is -0.481 e. The number of carbonyl (C=O) groups is 2. The molecule has 1 aromatic heterocycles. The monoisotopic (exact) mass is 270 g/mol. The molecule has 0 atom stereocenters. The first kappa shape index (κ1) is 14.9. The van der Waals surface area contributed by atoms with Crippen LogP contribution in [0.25, 0.3) is 0 Å². The molecular formula is C11H18N4O4. The zero-order valence-corrected chi connectivity index (χ0v) is 11.0. The van der Waals surface area contributed by atoms with E-state index in [0.717, 1.165) is 0 Å². The van der Waals surface area contributed by atoms with Gasteiger partial charge in [0.25, 0.3) is 0 Å². The summed E-state index contributed by atoms with van der Waals surface area (Å²) in [6.45, 7) is 2.52. The van der Waals surface area contributed by atoms with Crippen LogP contribution < -0.4 is 5.32 Å². The van der Waals surface area contributed by atoms with Gasteiger partial charge in [0.05, 0.1) is 0 Å². The van der Waals surface area contributed by atoms with E-state index in [4.69, 9.17) is 9.63 Å². The topological polar surface area (TPSA) is 109 Å². The zero-order chi connectivity index (χ0) is 14.3. The molecule has 0 aliphatic rings. The molecule has 0 radical (unpaired) electrons. The first-order valence-electron chi connectivity index (χ1n) is 5.99. The third-order valence-electron chi connectivity index (χ3n) is 2.42. The lowest BCUT2D eigenvalue weighted by atomic mass is 10.3. The second-order valence-electron chi connectivity index (χ2n) is 4.14. The number of aryl methyl sites for hydroxylation is 1. The molecule has 8 nitrogen and oxygen atoms in total. The average Bonchev–Trinajstić information content (AvgIpc) is 2.74. The highest BCUT2D eigenvalue weighted by atomic mass is 16.5. The van der Waals surface area contributed by atoms with Crippen molar-refractivity contribution in [2.24, 2.45) is 0 Å². The van der Waals surface area contributed by atoms with Crippen molar-refractivity contribution in [3.8, 4) is 0 Å². The Kier molecular flexibility index (Phi) is 5.77. The Morgan fingerprint density at radius 2 is 2.21 bits per heavy atom. The van der Waals surface area contributed by atoms with Gasteiger partial charge in [0, 0.05) is 33.0 Å². The van der Waals surface area contributed by atoms with Crippen molar-refractivity contribution in [2.75, 3.05) is 20.1 Å². The number of aromatic nitrogens is 2. The third-order valence-corrected chi connectivity index (χ3v) is 2.42. The Labute approximate surface area is 110 Å². The van der Waals surface area contributed by atoms with Crippen molar-refractivity contribution in [1.29, 1.82) is 0 Å². The molecule has 1 aromatic rings. The van der Waals surface area contributed by atoms with Crippen LogP contribution in [0.4, 0.5) is 4.79 Å². The van der Waals surface area contributed by atoms with Crippen LogP contribution in [0, 0.1) is 6.92 Å². The largest absolute Gasteiger partial charge is 0.481 e. The number of nitrogens with one attached hydrogen (secondary N) is 1. The molecule has 0 aliphatic heterocycles. The van der Waals surface area contributed by atoms with E-state index >= 15 is 0 Å². The van der Waals surface area contributed by atoms with Crippen LogP contribution in [0.3, 0.4) is 0 Å². The molecule has 0 fully saturated rings. The lowest BCUT2D eigenvalue weighted by molar-refractivity contribution is -0.137. The van der Waals surface area contributed by atoms with Gasteiger partial charge in [-0.15, -0.1) is 0 Å². The number of nitrogens with zero attached hydrogens (tertiary/aromatic N) is 3. The highest BCUT2D eigenvalue weighted by Gasteiger charge is 2.09. The average molecular weight is 270 g/mol. The van der Waals surface area contributed by atoms with Gasteiger partial charge >= 0.3 is 12.0 Å². The van der Waals surface area contributed by atoms with E-state index < -0.39 is 5.97 Å². The summed E-state index contributed by atoms with van der Waals surface area (Å²) >= 11 is 0. The number of urea groups is 1. The molecule has 0 saturated carbocycles. The van der Waals surface area contributed by atoms with E-state index in [0.29, 0.717) is 37.6 Å². The molecule has 19 heavy (non-hydrogen) atoms. The molecule has 2 amide bonds. The molecule has 0 aliphatic carbocycles. The first-order chi connectivity index (χ1) is 8.99. The molecule has 1 rings (SSSR count). The zero-order valence-electron chi connectivity index (χ0n) is 11.0.